The van der Waals surface area contributed by atoms with E-state index in [9.17, 15) is 4.79 Å². The standard InChI is InChI=1S/C22H16IN3O/c23-19-20(22(27)24-17-12-6-2-7-13-17)25-26(18-14-8-3-9-15-18)21(19)16-10-4-1-5-11-16/h1-15H,(H,24,27). The summed E-state index contributed by atoms with van der Waals surface area (Å²) in [6.07, 6.45) is 0. The Kier molecular flexibility index (Phi) is 5.02. The zero-order valence-corrected chi connectivity index (χ0v) is 16.5. The molecule has 132 valence electrons. The van der Waals surface area contributed by atoms with Crippen molar-refractivity contribution in [2.45, 2.75) is 0 Å². The third-order valence-electron chi connectivity index (χ3n) is 4.12. The number of nitrogens with one attached hydrogen (secondary N) is 1. The lowest BCUT2D eigenvalue weighted by atomic mass is 10.1. The number of hydrogen-bond donors (Lipinski definition) is 1. The molecule has 0 bridgehead atoms. The molecule has 0 saturated carbocycles. The molecule has 5 heteroatoms. The van der Waals surface area contributed by atoms with Crippen LogP contribution in [0.1, 0.15) is 10.5 Å². The van der Waals surface area contributed by atoms with Gasteiger partial charge in [-0.15, -0.1) is 0 Å². The number of benzene rings is 3. The van der Waals surface area contributed by atoms with Crippen molar-refractivity contribution < 1.29 is 4.79 Å². The Morgan fingerprint density at radius 1 is 0.815 bits per heavy atom. The Hall–Kier alpha value is -2.93. The van der Waals surface area contributed by atoms with Gasteiger partial charge in [0, 0.05) is 11.3 Å². The lowest BCUT2D eigenvalue weighted by molar-refractivity contribution is 0.102. The summed E-state index contributed by atoms with van der Waals surface area (Å²) >= 11 is 2.21. The van der Waals surface area contributed by atoms with Crippen molar-refractivity contribution in [3.05, 3.63) is 100 Å². The topological polar surface area (TPSA) is 46.9 Å². The number of aromatic nitrogens is 2. The molecule has 1 N–H and O–H groups in total. The number of para-hydroxylation sites is 2. The first-order chi connectivity index (χ1) is 13.2. The van der Waals surface area contributed by atoms with Crippen molar-refractivity contribution >= 4 is 34.2 Å². The van der Waals surface area contributed by atoms with Crippen molar-refractivity contribution in [3.63, 3.8) is 0 Å². The molecule has 0 saturated heterocycles. The first-order valence-electron chi connectivity index (χ1n) is 8.50. The van der Waals surface area contributed by atoms with Crippen LogP contribution in [0.5, 0.6) is 0 Å². The van der Waals surface area contributed by atoms with Crippen LogP contribution in [0.2, 0.25) is 0 Å². The van der Waals surface area contributed by atoms with E-state index >= 15 is 0 Å². The molecule has 1 aromatic heterocycles. The summed E-state index contributed by atoms with van der Waals surface area (Å²) in [5, 5.41) is 7.57. The van der Waals surface area contributed by atoms with E-state index in [0.29, 0.717) is 5.69 Å². The fourth-order valence-electron chi connectivity index (χ4n) is 2.86. The molecule has 0 unspecified atom stereocenters. The minimum Gasteiger partial charge on any atom is -0.321 e. The molecular weight excluding hydrogens is 449 g/mol. The van der Waals surface area contributed by atoms with Gasteiger partial charge in [-0.05, 0) is 46.9 Å². The van der Waals surface area contributed by atoms with Crippen LogP contribution in [0.25, 0.3) is 16.9 Å². The zero-order valence-electron chi connectivity index (χ0n) is 14.3. The van der Waals surface area contributed by atoms with Crippen molar-refractivity contribution in [2.24, 2.45) is 0 Å². The number of nitrogens with zero attached hydrogens (tertiary/aromatic N) is 2. The predicted molar refractivity (Wildman–Crippen MR) is 116 cm³/mol. The molecule has 0 aliphatic heterocycles. The maximum absolute atomic E-state index is 12.9. The number of anilines is 1. The molecule has 3 aromatic carbocycles. The molecule has 1 amide bonds. The van der Waals surface area contributed by atoms with E-state index < -0.39 is 0 Å². The molecule has 27 heavy (non-hydrogen) atoms. The highest BCUT2D eigenvalue weighted by atomic mass is 127. The van der Waals surface area contributed by atoms with Crippen molar-refractivity contribution in [3.8, 4) is 16.9 Å². The highest BCUT2D eigenvalue weighted by Crippen LogP contribution is 2.30. The molecule has 4 rings (SSSR count). The van der Waals surface area contributed by atoms with Gasteiger partial charge in [0.1, 0.15) is 0 Å². The van der Waals surface area contributed by atoms with Crippen LogP contribution in [0.3, 0.4) is 0 Å². The second-order valence-corrected chi connectivity index (χ2v) is 7.02. The second-order valence-electron chi connectivity index (χ2n) is 5.94. The number of amides is 1. The second kappa shape index (κ2) is 7.75. The van der Waals surface area contributed by atoms with E-state index in [4.69, 9.17) is 0 Å². The van der Waals surface area contributed by atoms with Crippen LogP contribution in [0, 0.1) is 3.57 Å². The monoisotopic (exact) mass is 465 g/mol. The van der Waals surface area contributed by atoms with E-state index in [0.717, 1.165) is 26.2 Å². The summed E-state index contributed by atoms with van der Waals surface area (Å²) in [4.78, 5) is 12.9. The zero-order chi connectivity index (χ0) is 18.6. The number of carbonyl (C=O) groups excluding carboxylic acids is 1. The van der Waals surface area contributed by atoms with Gasteiger partial charge in [0.15, 0.2) is 5.69 Å². The van der Waals surface area contributed by atoms with Gasteiger partial charge in [0.05, 0.1) is 15.0 Å². The van der Waals surface area contributed by atoms with Crippen LogP contribution in [-0.2, 0) is 0 Å². The normalized spacial score (nSPS) is 10.6. The lowest BCUT2D eigenvalue weighted by Gasteiger charge is -2.07. The van der Waals surface area contributed by atoms with Crippen LogP contribution in [-0.4, -0.2) is 15.7 Å². The first kappa shape index (κ1) is 17.5. The van der Waals surface area contributed by atoms with E-state index in [1.54, 1.807) is 0 Å². The maximum Gasteiger partial charge on any atom is 0.277 e. The quantitative estimate of drug-likeness (QED) is 0.411. The summed E-state index contributed by atoms with van der Waals surface area (Å²) < 4.78 is 2.65. The summed E-state index contributed by atoms with van der Waals surface area (Å²) in [5.41, 5.74) is 3.97. The lowest BCUT2D eigenvalue weighted by Crippen LogP contribution is -2.14. The molecule has 0 aliphatic carbocycles. The minimum atomic E-state index is -0.225. The van der Waals surface area contributed by atoms with Crippen LogP contribution in [0.4, 0.5) is 5.69 Å². The molecule has 0 atom stereocenters. The predicted octanol–water partition coefficient (Wildman–Crippen LogP) is 5.40. The largest absolute Gasteiger partial charge is 0.321 e. The fraction of sp³-hybridized carbons (Fsp3) is 0. The molecule has 0 radical (unpaired) electrons. The van der Waals surface area contributed by atoms with Crippen molar-refractivity contribution in [1.29, 1.82) is 0 Å². The number of rotatable bonds is 4. The Balaban J connectivity index is 1.82. The minimum absolute atomic E-state index is 0.225. The molecule has 0 fully saturated rings. The number of halogens is 1. The fourth-order valence-corrected chi connectivity index (χ4v) is 3.75. The Morgan fingerprint density at radius 2 is 1.37 bits per heavy atom. The van der Waals surface area contributed by atoms with Crippen LogP contribution in [0.15, 0.2) is 91.0 Å². The summed E-state index contributed by atoms with van der Waals surface area (Å²) in [6, 6.07) is 29.2. The summed E-state index contributed by atoms with van der Waals surface area (Å²) in [5.74, 6) is -0.225. The molecule has 0 aliphatic rings. The van der Waals surface area contributed by atoms with Crippen molar-refractivity contribution in [2.75, 3.05) is 5.32 Å². The third-order valence-corrected chi connectivity index (χ3v) is 5.14. The molecule has 4 nitrogen and oxygen atoms in total. The van der Waals surface area contributed by atoms with E-state index in [-0.39, 0.29) is 5.91 Å². The van der Waals surface area contributed by atoms with E-state index in [1.807, 2.05) is 95.7 Å². The van der Waals surface area contributed by atoms with Gasteiger partial charge in [-0.25, -0.2) is 4.68 Å². The highest BCUT2D eigenvalue weighted by molar-refractivity contribution is 14.1. The van der Waals surface area contributed by atoms with Crippen LogP contribution >= 0.6 is 22.6 Å². The highest BCUT2D eigenvalue weighted by Gasteiger charge is 2.23. The Labute approximate surface area is 171 Å². The van der Waals surface area contributed by atoms with Gasteiger partial charge < -0.3 is 5.32 Å². The smallest absolute Gasteiger partial charge is 0.277 e. The average Bonchev–Trinajstić information content (AvgIpc) is 3.07. The van der Waals surface area contributed by atoms with Gasteiger partial charge in [-0.2, -0.15) is 5.10 Å². The van der Waals surface area contributed by atoms with Gasteiger partial charge in [-0.1, -0.05) is 66.7 Å². The summed E-state index contributed by atoms with van der Waals surface area (Å²) in [7, 11) is 0. The Bertz CT molecular complexity index is 1060. The number of carbonyl (C=O) groups is 1. The molecule has 1 heterocycles. The van der Waals surface area contributed by atoms with Gasteiger partial charge in [-0.3, -0.25) is 4.79 Å². The first-order valence-corrected chi connectivity index (χ1v) is 9.57. The van der Waals surface area contributed by atoms with Gasteiger partial charge in [0.25, 0.3) is 5.91 Å². The number of hydrogen-bond acceptors (Lipinski definition) is 2. The third kappa shape index (κ3) is 3.64. The van der Waals surface area contributed by atoms with Crippen molar-refractivity contribution in [1.82, 2.24) is 9.78 Å². The molecular formula is C22H16IN3O. The van der Waals surface area contributed by atoms with Gasteiger partial charge in [0.2, 0.25) is 0 Å². The van der Waals surface area contributed by atoms with Gasteiger partial charge >= 0.3 is 0 Å². The maximum atomic E-state index is 12.9. The van der Waals surface area contributed by atoms with Crippen LogP contribution < -0.4 is 5.32 Å². The molecule has 4 aromatic rings. The summed E-state index contributed by atoms with van der Waals surface area (Å²) in [6.45, 7) is 0. The SMILES string of the molecule is O=C(Nc1ccccc1)c1nn(-c2ccccc2)c(-c2ccccc2)c1I. The van der Waals surface area contributed by atoms with E-state index in [2.05, 4.69) is 33.0 Å². The van der Waals surface area contributed by atoms with E-state index in [1.165, 1.54) is 0 Å². The Morgan fingerprint density at radius 3 is 2.00 bits per heavy atom. The average molecular weight is 465 g/mol. The molecule has 0 spiro atoms.